The minimum absolute atomic E-state index is 0.0269. The molecule has 4 atom stereocenters. The molecule has 1 aliphatic rings. The van der Waals surface area contributed by atoms with Crippen LogP contribution in [-0.2, 0) is 43.9 Å². The number of methoxy groups -OCH3 is 1. The molecular formula is C48H48N2O7S2. The third-order valence-electron chi connectivity index (χ3n) is 10.2. The first kappa shape index (κ1) is 41.9. The van der Waals surface area contributed by atoms with E-state index in [1.165, 1.54) is 0 Å². The number of carbonyl (C=O) groups excluding carboxylic acids is 1. The second-order valence-corrected chi connectivity index (χ2v) is 17.3. The van der Waals surface area contributed by atoms with E-state index in [0.29, 0.717) is 12.2 Å². The van der Waals surface area contributed by atoms with Gasteiger partial charge in [0.2, 0.25) is 15.9 Å². The molecule has 1 fully saturated rings. The van der Waals surface area contributed by atoms with Crippen molar-refractivity contribution in [2.45, 2.75) is 67.2 Å². The van der Waals surface area contributed by atoms with Gasteiger partial charge in [-0.05, 0) is 83.1 Å². The van der Waals surface area contributed by atoms with Gasteiger partial charge in [-0.3, -0.25) is 4.79 Å². The number of rotatable bonds is 16. The molecule has 0 radical (unpaired) electrons. The first-order valence-corrected chi connectivity index (χ1v) is 22.0. The smallest absolute Gasteiger partial charge is 0.241 e. The Labute approximate surface area is 350 Å². The number of hydrogen-bond donors (Lipinski definition) is 3. The van der Waals surface area contributed by atoms with Crippen LogP contribution in [0.4, 0.5) is 0 Å². The SMILES string of the molecule is COc1ccccc1SC[C@@H]1C[C@H](c2ccc(CO)cc2)O[C@H](c2cccc(-c3cccc(CNC(=O)[C@@H](Cc4ccccc4)NS(=O)(=O)c4ccc(C)cc4)c3)c2)O1. The Kier molecular flexibility index (Phi) is 13.9. The lowest BCUT2D eigenvalue weighted by molar-refractivity contribution is -0.245. The number of benzene rings is 6. The van der Waals surface area contributed by atoms with Crippen molar-refractivity contribution in [2.75, 3.05) is 12.9 Å². The summed E-state index contributed by atoms with van der Waals surface area (Å²) in [6.07, 6.45) is -0.155. The van der Waals surface area contributed by atoms with Crippen LogP contribution in [0, 0.1) is 6.92 Å². The van der Waals surface area contributed by atoms with E-state index in [1.54, 1.807) is 43.1 Å². The van der Waals surface area contributed by atoms with E-state index >= 15 is 0 Å². The fourth-order valence-electron chi connectivity index (χ4n) is 6.99. The maximum absolute atomic E-state index is 13.7. The highest BCUT2D eigenvalue weighted by Crippen LogP contribution is 2.41. The molecule has 304 valence electrons. The number of ether oxygens (including phenoxy) is 3. The zero-order valence-corrected chi connectivity index (χ0v) is 34.6. The summed E-state index contributed by atoms with van der Waals surface area (Å²) in [4.78, 5) is 14.9. The summed E-state index contributed by atoms with van der Waals surface area (Å²) in [5.41, 5.74) is 7.24. The lowest BCUT2D eigenvalue weighted by Crippen LogP contribution is -2.47. The molecule has 0 aromatic heterocycles. The zero-order valence-electron chi connectivity index (χ0n) is 33.0. The molecule has 1 heterocycles. The molecule has 0 aliphatic carbocycles. The molecule has 0 spiro atoms. The fraction of sp³-hybridized carbons (Fsp3) is 0.229. The number of amides is 1. The predicted molar refractivity (Wildman–Crippen MR) is 231 cm³/mol. The van der Waals surface area contributed by atoms with Gasteiger partial charge in [0.05, 0.1) is 30.8 Å². The summed E-state index contributed by atoms with van der Waals surface area (Å²) in [5, 5.41) is 12.6. The number of aliphatic hydroxyl groups excluding tert-OH is 1. The van der Waals surface area contributed by atoms with Crippen LogP contribution >= 0.6 is 11.8 Å². The van der Waals surface area contributed by atoms with Gasteiger partial charge in [-0.15, -0.1) is 11.8 Å². The molecule has 59 heavy (non-hydrogen) atoms. The van der Waals surface area contributed by atoms with Crippen molar-refractivity contribution in [1.82, 2.24) is 10.0 Å². The lowest BCUT2D eigenvalue weighted by Gasteiger charge is -2.36. The van der Waals surface area contributed by atoms with Crippen molar-refractivity contribution in [3.63, 3.8) is 0 Å². The molecule has 1 amide bonds. The van der Waals surface area contributed by atoms with Gasteiger partial charge in [-0.25, -0.2) is 8.42 Å². The summed E-state index contributed by atoms with van der Waals surface area (Å²) in [6, 6.07) is 46.7. The van der Waals surface area contributed by atoms with E-state index in [1.807, 2.05) is 128 Å². The Morgan fingerprint density at radius 1 is 0.780 bits per heavy atom. The highest BCUT2D eigenvalue weighted by atomic mass is 32.2. The largest absolute Gasteiger partial charge is 0.496 e. The van der Waals surface area contributed by atoms with Crippen molar-refractivity contribution in [3.05, 3.63) is 185 Å². The van der Waals surface area contributed by atoms with Gasteiger partial charge in [0.1, 0.15) is 11.8 Å². The van der Waals surface area contributed by atoms with E-state index in [-0.39, 0.29) is 36.7 Å². The van der Waals surface area contributed by atoms with E-state index in [2.05, 4.69) is 16.1 Å². The van der Waals surface area contributed by atoms with Crippen molar-refractivity contribution >= 4 is 27.7 Å². The Bertz CT molecular complexity index is 2430. The topological polar surface area (TPSA) is 123 Å². The summed E-state index contributed by atoms with van der Waals surface area (Å²) in [6.45, 7) is 2.06. The maximum atomic E-state index is 13.7. The van der Waals surface area contributed by atoms with Crippen molar-refractivity contribution in [1.29, 1.82) is 0 Å². The summed E-state index contributed by atoms with van der Waals surface area (Å²) in [5.74, 6) is 1.09. The Morgan fingerprint density at radius 3 is 2.22 bits per heavy atom. The van der Waals surface area contributed by atoms with E-state index < -0.39 is 28.3 Å². The Morgan fingerprint density at radius 2 is 1.47 bits per heavy atom. The first-order valence-electron chi connectivity index (χ1n) is 19.5. The highest BCUT2D eigenvalue weighted by Gasteiger charge is 2.33. The van der Waals surface area contributed by atoms with Gasteiger partial charge in [0.25, 0.3) is 0 Å². The van der Waals surface area contributed by atoms with Gasteiger partial charge in [-0.1, -0.05) is 121 Å². The van der Waals surface area contributed by atoms with Crippen LogP contribution in [0.2, 0.25) is 0 Å². The normalized spacial score (nSPS) is 17.2. The average Bonchev–Trinajstić information content (AvgIpc) is 3.28. The zero-order chi connectivity index (χ0) is 41.2. The van der Waals surface area contributed by atoms with Crippen molar-refractivity contribution < 1.29 is 32.5 Å². The lowest BCUT2D eigenvalue weighted by atomic mass is 9.99. The number of aryl methyl sites for hydroxylation is 1. The van der Waals surface area contributed by atoms with Crippen LogP contribution in [0.3, 0.4) is 0 Å². The van der Waals surface area contributed by atoms with Crippen LogP contribution < -0.4 is 14.8 Å². The number of aliphatic hydroxyl groups is 1. The highest BCUT2D eigenvalue weighted by molar-refractivity contribution is 7.99. The van der Waals surface area contributed by atoms with E-state index in [0.717, 1.165) is 55.2 Å². The van der Waals surface area contributed by atoms with Crippen molar-refractivity contribution in [2.24, 2.45) is 0 Å². The van der Waals surface area contributed by atoms with E-state index in [4.69, 9.17) is 14.2 Å². The quantitative estimate of drug-likeness (QED) is 0.0829. The minimum Gasteiger partial charge on any atom is -0.496 e. The number of carbonyl (C=O) groups is 1. The molecule has 11 heteroatoms. The van der Waals surface area contributed by atoms with Crippen LogP contribution in [0.5, 0.6) is 5.75 Å². The summed E-state index contributed by atoms with van der Waals surface area (Å²) < 4.78 is 48.3. The van der Waals surface area contributed by atoms with Gasteiger partial charge in [0, 0.05) is 29.2 Å². The van der Waals surface area contributed by atoms with Gasteiger partial charge in [0.15, 0.2) is 6.29 Å². The molecule has 9 nitrogen and oxygen atoms in total. The molecule has 0 unspecified atom stereocenters. The van der Waals surface area contributed by atoms with Gasteiger partial charge < -0.3 is 24.6 Å². The third kappa shape index (κ3) is 11.1. The van der Waals surface area contributed by atoms with Crippen LogP contribution in [0.1, 0.15) is 52.2 Å². The number of para-hydroxylation sites is 1. The predicted octanol–water partition coefficient (Wildman–Crippen LogP) is 8.71. The maximum Gasteiger partial charge on any atom is 0.241 e. The average molecular weight is 829 g/mol. The number of hydrogen-bond acceptors (Lipinski definition) is 8. The standard InChI is InChI=1S/C48H48N2O7S2/c1-33-18-24-42(25-19-33)59(53,54)50-43(27-34-10-4-3-5-11-34)47(52)49-30-36-12-8-13-38(26-36)39-14-9-15-40(28-39)48-56-41(32-58-46-17-7-6-16-44(46)55-2)29-45(57-48)37-22-20-35(31-51)21-23-37/h3-26,28,41,43,45,48,50-51H,27,29-32H2,1-2H3,(H,49,52)/t41-,43+,45+,48+/m0/s1. The van der Waals surface area contributed by atoms with Crippen LogP contribution in [-0.4, -0.2) is 44.4 Å². The first-order chi connectivity index (χ1) is 28.7. The molecule has 6 aromatic rings. The monoisotopic (exact) mass is 828 g/mol. The van der Waals surface area contributed by atoms with Crippen LogP contribution in [0.15, 0.2) is 161 Å². The number of thioether (sulfide) groups is 1. The Balaban J connectivity index is 1.07. The molecule has 0 bridgehead atoms. The van der Waals surface area contributed by atoms with Crippen molar-refractivity contribution in [3.8, 4) is 16.9 Å². The number of nitrogens with one attached hydrogen (secondary N) is 2. The molecule has 7 rings (SSSR count). The van der Waals surface area contributed by atoms with Gasteiger partial charge in [-0.2, -0.15) is 4.72 Å². The summed E-state index contributed by atoms with van der Waals surface area (Å²) >= 11 is 1.69. The van der Waals surface area contributed by atoms with Gasteiger partial charge >= 0.3 is 0 Å². The van der Waals surface area contributed by atoms with E-state index in [9.17, 15) is 18.3 Å². The molecular weight excluding hydrogens is 781 g/mol. The third-order valence-corrected chi connectivity index (χ3v) is 12.9. The molecule has 0 saturated carbocycles. The molecule has 6 aromatic carbocycles. The summed E-state index contributed by atoms with van der Waals surface area (Å²) in [7, 11) is -2.30. The molecule has 1 saturated heterocycles. The Hall–Kier alpha value is -5.27. The second kappa shape index (κ2) is 19.7. The van der Waals surface area contributed by atoms with Crippen LogP contribution in [0.25, 0.3) is 11.1 Å². The number of sulfonamides is 1. The second-order valence-electron chi connectivity index (χ2n) is 14.5. The molecule has 3 N–H and O–H groups in total. The fourth-order valence-corrected chi connectivity index (χ4v) is 9.24. The molecule has 1 aliphatic heterocycles. The minimum atomic E-state index is -3.97.